The molecular formula is C14H11N5O4S4. The molecule has 0 saturated carbocycles. The minimum atomic E-state index is -1.19. The molecule has 0 bridgehead atoms. The van der Waals surface area contributed by atoms with Gasteiger partial charge in [-0.3, -0.25) is 14.5 Å². The Balaban J connectivity index is 1.68. The van der Waals surface area contributed by atoms with Crippen LogP contribution in [0, 0.1) is 11.3 Å². The van der Waals surface area contributed by atoms with Gasteiger partial charge in [0.15, 0.2) is 4.34 Å². The molecule has 1 saturated heterocycles. The summed E-state index contributed by atoms with van der Waals surface area (Å²) in [5, 5.41) is 29.3. The van der Waals surface area contributed by atoms with Crippen LogP contribution in [0.25, 0.3) is 0 Å². The second-order valence-electron chi connectivity index (χ2n) is 5.08. The van der Waals surface area contributed by atoms with E-state index < -0.39 is 23.3 Å². The minimum absolute atomic E-state index is 0.0686. The van der Waals surface area contributed by atoms with Gasteiger partial charge in [-0.2, -0.15) is 5.26 Å². The third-order valence-corrected chi connectivity index (χ3v) is 7.54. The summed E-state index contributed by atoms with van der Waals surface area (Å²) in [7, 11) is 0. The first-order valence-electron chi connectivity index (χ1n) is 7.33. The summed E-state index contributed by atoms with van der Waals surface area (Å²) in [5.41, 5.74) is 1.48. The van der Waals surface area contributed by atoms with Crippen LogP contribution >= 0.6 is 46.6 Å². The van der Waals surface area contributed by atoms with Crippen LogP contribution in [0.15, 0.2) is 31.9 Å². The molecule has 0 unspecified atom stereocenters. The van der Waals surface area contributed by atoms with Crippen molar-refractivity contribution in [2.24, 2.45) is 0 Å². The number of aromatic nitrogens is 2. The topological polar surface area (TPSA) is 136 Å². The van der Waals surface area contributed by atoms with Crippen molar-refractivity contribution in [1.82, 2.24) is 20.4 Å². The van der Waals surface area contributed by atoms with Crippen LogP contribution in [0.1, 0.15) is 0 Å². The fourth-order valence-corrected chi connectivity index (χ4v) is 6.00. The standard InChI is InChI=1S/C14H11N5O4S4/c15-2-1-3-24-5-8(20)17-9-11(21)19-10(13(22)23)7(4-25-12(9)19)27-14-18-16-6-26-14/h1,3,6,9,12H,4-5H2,(H,17,20)(H,22,23)/b3-1+/t9-,12-/m1/s1. The molecule has 1 aromatic heterocycles. The Hall–Kier alpha value is -2.01. The number of hydrogen-bond donors (Lipinski definition) is 2. The number of carboxylic acid groups (broad SMARTS) is 1. The third kappa shape index (κ3) is 4.29. The minimum Gasteiger partial charge on any atom is -0.477 e. The van der Waals surface area contributed by atoms with Crippen molar-refractivity contribution in [1.29, 1.82) is 5.26 Å². The third-order valence-electron chi connectivity index (χ3n) is 3.46. The van der Waals surface area contributed by atoms with Gasteiger partial charge in [0, 0.05) is 16.7 Å². The van der Waals surface area contributed by atoms with Gasteiger partial charge >= 0.3 is 5.97 Å². The molecule has 1 aromatic rings. The molecule has 0 spiro atoms. The maximum atomic E-state index is 12.5. The van der Waals surface area contributed by atoms with Crippen LogP contribution < -0.4 is 5.32 Å². The van der Waals surface area contributed by atoms with E-state index in [1.807, 2.05) is 6.07 Å². The normalized spacial score (nSPS) is 21.6. The summed E-state index contributed by atoms with van der Waals surface area (Å²) in [6.07, 6.45) is 1.26. The van der Waals surface area contributed by atoms with Gasteiger partial charge in [0.2, 0.25) is 5.91 Å². The lowest BCUT2D eigenvalue weighted by atomic mass is 10.1. The van der Waals surface area contributed by atoms with Crippen LogP contribution in [0.5, 0.6) is 0 Å². The Morgan fingerprint density at radius 2 is 2.37 bits per heavy atom. The number of rotatable bonds is 7. The van der Waals surface area contributed by atoms with Crippen molar-refractivity contribution in [3.05, 3.63) is 27.6 Å². The second kappa shape index (κ2) is 8.79. The van der Waals surface area contributed by atoms with Crippen LogP contribution in [0.3, 0.4) is 0 Å². The first-order valence-corrected chi connectivity index (χ1v) is 11.1. The van der Waals surface area contributed by atoms with Crippen molar-refractivity contribution in [2.45, 2.75) is 15.8 Å². The summed E-state index contributed by atoms with van der Waals surface area (Å²) in [6, 6.07) is 1.06. The highest BCUT2D eigenvalue weighted by atomic mass is 32.2. The van der Waals surface area contributed by atoms with Crippen molar-refractivity contribution < 1.29 is 19.5 Å². The van der Waals surface area contributed by atoms with Crippen molar-refractivity contribution in [3.63, 3.8) is 0 Å². The molecule has 2 aliphatic heterocycles. The maximum Gasteiger partial charge on any atom is 0.353 e. The van der Waals surface area contributed by atoms with E-state index in [2.05, 4.69) is 15.5 Å². The summed E-state index contributed by atoms with van der Waals surface area (Å²) in [5.74, 6) is -1.53. The number of amides is 2. The average Bonchev–Trinajstić information content (AvgIpc) is 3.15. The molecule has 3 rings (SSSR count). The van der Waals surface area contributed by atoms with Gasteiger partial charge in [-0.05, 0) is 5.41 Å². The zero-order valence-electron chi connectivity index (χ0n) is 13.4. The summed E-state index contributed by atoms with van der Waals surface area (Å²) >= 11 is 5.00. The number of nitriles is 1. The number of nitrogens with zero attached hydrogens (tertiary/aromatic N) is 4. The Morgan fingerprint density at radius 3 is 3.04 bits per heavy atom. The SMILES string of the molecule is N#C/C=C/SCC(=O)N[C@@H]1C(=O)N2C(C(=O)O)=C(Sc3nncs3)CS[C@H]12. The van der Waals surface area contributed by atoms with Gasteiger partial charge in [0.1, 0.15) is 22.6 Å². The van der Waals surface area contributed by atoms with Gasteiger partial charge in [0.25, 0.3) is 5.91 Å². The molecule has 13 heteroatoms. The van der Waals surface area contributed by atoms with Gasteiger partial charge < -0.3 is 10.4 Å². The molecule has 2 aliphatic rings. The van der Waals surface area contributed by atoms with E-state index in [1.165, 1.54) is 51.2 Å². The van der Waals surface area contributed by atoms with E-state index in [-0.39, 0.29) is 17.4 Å². The van der Waals surface area contributed by atoms with Crippen molar-refractivity contribution in [2.75, 3.05) is 11.5 Å². The average molecular weight is 442 g/mol. The predicted molar refractivity (Wildman–Crippen MR) is 103 cm³/mol. The predicted octanol–water partition coefficient (Wildman–Crippen LogP) is 1.10. The van der Waals surface area contributed by atoms with E-state index >= 15 is 0 Å². The summed E-state index contributed by atoms with van der Waals surface area (Å²) < 4.78 is 0.600. The van der Waals surface area contributed by atoms with E-state index in [1.54, 1.807) is 5.51 Å². The Labute approximate surface area is 170 Å². The number of carbonyl (C=O) groups excluding carboxylic acids is 2. The molecule has 1 fully saturated rings. The lowest BCUT2D eigenvalue weighted by Gasteiger charge is -2.49. The number of aliphatic carboxylic acids is 1. The largest absolute Gasteiger partial charge is 0.477 e. The zero-order chi connectivity index (χ0) is 19.4. The fourth-order valence-electron chi connectivity index (χ4n) is 2.40. The number of carbonyl (C=O) groups is 3. The molecule has 0 radical (unpaired) electrons. The molecule has 2 amide bonds. The lowest BCUT2D eigenvalue weighted by molar-refractivity contribution is -0.150. The Morgan fingerprint density at radius 1 is 1.56 bits per heavy atom. The molecule has 9 nitrogen and oxygen atoms in total. The van der Waals surface area contributed by atoms with E-state index in [9.17, 15) is 19.5 Å². The van der Waals surface area contributed by atoms with Crippen LogP contribution in [0.4, 0.5) is 0 Å². The van der Waals surface area contributed by atoms with Crippen LogP contribution in [0.2, 0.25) is 0 Å². The molecule has 0 aromatic carbocycles. The lowest BCUT2D eigenvalue weighted by Crippen LogP contribution is -2.70. The van der Waals surface area contributed by atoms with Crippen LogP contribution in [-0.4, -0.2) is 60.9 Å². The quantitative estimate of drug-likeness (QED) is 0.467. The number of nitrogens with one attached hydrogen (secondary N) is 1. The Kier molecular flexibility index (Phi) is 6.42. The van der Waals surface area contributed by atoms with Gasteiger partial charge in [-0.1, -0.05) is 23.1 Å². The highest BCUT2D eigenvalue weighted by molar-refractivity contribution is 8.07. The van der Waals surface area contributed by atoms with Crippen molar-refractivity contribution >= 4 is 64.4 Å². The number of hydrogen-bond acceptors (Lipinski definition) is 10. The molecular weight excluding hydrogens is 430 g/mol. The first-order chi connectivity index (χ1) is 13.0. The zero-order valence-corrected chi connectivity index (χ0v) is 16.7. The highest BCUT2D eigenvalue weighted by Gasteiger charge is 2.54. The molecule has 2 atom stereocenters. The number of thioether (sulfide) groups is 3. The summed E-state index contributed by atoms with van der Waals surface area (Å²) in [6.45, 7) is 0. The molecule has 140 valence electrons. The van der Waals surface area contributed by atoms with E-state index in [4.69, 9.17) is 5.26 Å². The molecule has 0 aliphatic carbocycles. The second-order valence-corrected chi connectivity index (χ2v) is 9.26. The molecule has 2 N–H and O–H groups in total. The molecule has 3 heterocycles. The van der Waals surface area contributed by atoms with E-state index in [0.29, 0.717) is 15.0 Å². The van der Waals surface area contributed by atoms with Crippen molar-refractivity contribution in [3.8, 4) is 6.07 Å². The van der Waals surface area contributed by atoms with E-state index in [0.717, 1.165) is 11.8 Å². The molecule has 27 heavy (non-hydrogen) atoms. The smallest absolute Gasteiger partial charge is 0.353 e. The van der Waals surface area contributed by atoms with Gasteiger partial charge in [-0.15, -0.1) is 33.7 Å². The number of carboxylic acids is 1. The number of allylic oxidation sites excluding steroid dienone is 1. The van der Waals surface area contributed by atoms with Gasteiger partial charge in [0.05, 0.1) is 11.8 Å². The first kappa shape index (κ1) is 19.7. The number of β-lactam (4-membered cyclic amide) rings is 1. The van der Waals surface area contributed by atoms with Crippen LogP contribution in [-0.2, 0) is 14.4 Å². The highest BCUT2D eigenvalue weighted by Crippen LogP contribution is 2.45. The number of fused-ring (bicyclic) bond motifs is 1. The maximum absolute atomic E-state index is 12.5. The Bertz CT molecular complexity index is 863. The van der Waals surface area contributed by atoms with Gasteiger partial charge in [-0.25, -0.2) is 4.79 Å². The fraction of sp³-hybridized carbons (Fsp3) is 0.286. The summed E-state index contributed by atoms with van der Waals surface area (Å²) in [4.78, 5) is 37.9. The monoisotopic (exact) mass is 441 g/mol.